The highest BCUT2D eigenvalue weighted by molar-refractivity contribution is 5.88. The number of hydrogen-bond donors (Lipinski definition) is 4. The van der Waals surface area contributed by atoms with Crippen LogP contribution in [0.25, 0.3) is 5.69 Å². The van der Waals surface area contributed by atoms with Crippen LogP contribution >= 0.6 is 0 Å². The molecule has 0 unspecified atom stereocenters. The minimum atomic E-state index is -2.74. The maximum atomic E-state index is 14.2. The topological polar surface area (TPSA) is 171 Å². The molecule has 12 nitrogen and oxygen atoms in total. The van der Waals surface area contributed by atoms with Gasteiger partial charge in [-0.3, -0.25) is 14.5 Å². The van der Waals surface area contributed by atoms with Crippen molar-refractivity contribution in [3.63, 3.8) is 0 Å². The zero-order chi connectivity index (χ0) is 30.5. The average molecular weight is 582 g/mol. The normalized spacial score (nSPS) is 11.1. The fourth-order valence-corrected chi connectivity index (χ4v) is 4.13. The van der Waals surface area contributed by atoms with Gasteiger partial charge in [-0.05, 0) is 36.2 Å². The molecule has 0 saturated heterocycles. The van der Waals surface area contributed by atoms with E-state index < -0.39 is 36.4 Å². The van der Waals surface area contributed by atoms with Crippen molar-refractivity contribution in [1.82, 2.24) is 24.2 Å². The van der Waals surface area contributed by atoms with Crippen molar-refractivity contribution in [3.8, 4) is 5.69 Å². The third-order valence-electron chi connectivity index (χ3n) is 6.20. The number of imidazole rings is 1. The van der Waals surface area contributed by atoms with E-state index in [1.54, 1.807) is 18.5 Å². The number of benzene rings is 2. The number of carboxylic acids is 3. The Morgan fingerprint density at radius 2 is 1.57 bits per heavy atom. The smallest absolute Gasteiger partial charge is 0.336 e. The van der Waals surface area contributed by atoms with Crippen LogP contribution in [0, 0.1) is 5.82 Å². The number of hydrogen-bond acceptors (Lipinski definition) is 7. The Bertz CT molecular complexity index is 1410. The third kappa shape index (κ3) is 9.94. The lowest BCUT2D eigenvalue weighted by Gasteiger charge is -2.23. The molecule has 2 aromatic carbocycles. The van der Waals surface area contributed by atoms with Gasteiger partial charge in [0, 0.05) is 56.5 Å². The van der Waals surface area contributed by atoms with E-state index in [0.29, 0.717) is 6.54 Å². The molecule has 0 aliphatic rings. The van der Waals surface area contributed by atoms with E-state index in [-0.39, 0.29) is 5.82 Å². The molecule has 0 saturated carbocycles. The second-order valence-corrected chi connectivity index (χ2v) is 9.55. The number of aliphatic hydroxyl groups is 1. The van der Waals surface area contributed by atoms with Gasteiger partial charge in [0.1, 0.15) is 5.82 Å². The molecule has 4 rings (SSSR count). The van der Waals surface area contributed by atoms with Crippen LogP contribution in [0.3, 0.4) is 0 Å². The standard InChI is InChI=1S/C23H24FN5.C6H8O7/c24-23-6-2-1-5-21(23)18-28(14-4-13-27-16-12-25-19-27)17-20-7-9-22(10-8-20)29-15-3-11-26-29;7-3(8)1-6(13,5(11)12)2-4(9)10/h1-3,5-12,15-16,19H,4,13-14,17-18H2;13H,1-2H2,(H,7,8)(H,9,10)(H,11,12). The van der Waals surface area contributed by atoms with E-state index in [1.165, 1.54) is 11.6 Å². The van der Waals surface area contributed by atoms with Crippen LogP contribution in [-0.2, 0) is 34.0 Å². The van der Waals surface area contributed by atoms with E-state index in [1.807, 2.05) is 41.6 Å². The second-order valence-electron chi connectivity index (χ2n) is 9.55. The van der Waals surface area contributed by atoms with Crippen LogP contribution in [0.1, 0.15) is 30.4 Å². The zero-order valence-electron chi connectivity index (χ0n) is 22.7. The molecule has 0 amide bonds. The summed E-state index contributed by atoms with van der Waals surface area (Å²) in [6, 6.07) is 17.3. The highest BCUT2D eigenvalue weighted by atomic mass is 19.1. The van der Waals surface area contributed by atoms with Crippen molar-refractivity contribution in [1.29, 1.82) is 0 Å². The lowest BCUT2D eigenvalue weighted by Crippen LogP contribution is -2.42. The average Bonchev–Trinajstić information content (AvgIpc) is 3.65. The summed E-state index contributed by atoms with van der Waals surface area (Å²) in [6.45, 7) is 3.11. The van der Waals surface area contributed by atoms with Gasteiger partial charge in [-0.1, -0.05) is 30.3 Å². The first kappa shape index (κ1) is 31.6. The van der Waals surface area contributed by atoms with Crippen molar-refractivity contribution in [2.75, 3.05) is 6.54 Å². The molecule has 13 heteroatoms. The van der Waals surface area contributed by atoms with E-state index in [4.69, 9.17) is 20.4 Å². The minimum Gasteiger partial charge on any atom is -0.481 e. The summed E-state index contributed by atoms with van der Waals surface area (Å²) >= 11 is 0. The van der Waals surface area contributed by atoms with Gasteiger partial charge in [0.25, 0.3) is 0 Å². The number of carbonyl (C=O) groups is 3. The molecule has 0 radical (unpaired) electrons. The molecule has 0 aliphatic heterocycles. The lowest BCUT2D eigenvalue weighted by molar-refractivity contribution is -0.170. The fourth-order valence-electron chi connectivity index (χ4n) is 4.13. The molecule has 0 spiro atoms. The Kier molecular flexibility index (Phi) is 11.5. The number of rotatable bonds is 14. The monoisotopic (exact) mass is 581 g/mol. The molecule has 2 heterocycles. The maximum Gasteiger partial charge on any atom is 0.336 e. The summed E-state index contributed by atoms with van der Waals surface area (Å²) in [6.07, 6.45) is 7.96. The molecule has 222 valence electrons. The summed E-state index contributed by atoms with van der Waals surface area (Å²) in [5.41, 5.74) is 0.208. The van der Waals surface area contributed by atoms with E-state index in [2.05, 4.69) is 43.8 Å². The van der Waals surface area contributed by atoms with Crippen molar-refractivity contribution >= 4 is 17.9 Å². The second kappa shape index (κ2) is 15.2. The molecule has 42 heavy (non-hydrogen) atoms. The first-order chi connectivity index (χ1) is 20.1. The van der Waals surface area contributed by atoms with Crippen LogP contribution in [-0.4, -0.2) is 74.7 Å². The molecule has 4 aromatic rings. The minimum absolute atomic E-state index is 0.152. The molecule has 0 bridgehead atoms. The highest BCUT2D eigenvalue weighted by Gasteiger charge is 2.40. The number of aryl methyl sites for hydroxylation is 1. The maximum absolute atomic E-state index is 14.2. The number of carboxylic acid groups (broad SMARTS) is 3. The number of halogens is 1. The fraction of sp³-hybridized carbons (Fsp3) is 0.276. The van der Waals surface area contributed by atoms with Crippen molar-refractivity contribution in [3.05, 3.63) is 103 Å². The van der Waals surface area contributed by atoms with Gasteiger partial charge in [-0.15, -0.1) is 0 Å². The largest absolute Gasteiger partial charge is 0.481 e. The summed E-state index contributed by atoms with van der Waals surface area (Å²) < 4.78 is 18.1. The number of nitrogens with zero attached hydrogens (tertiary/aromatic N) is 5. The van der Waals surface area contributed by atoms with Crippen molar-refractivity contribution in [2.45, 2.75) is 44.5 Å². The molecule has 4 N–H and O–H groups in total. The Morgan fingerprint density at radius 3 is 2.12 bits per heavy atom. The van der Waals surface area contributed by atoms with Gasteiger partial charge >= 0.3 is 17.9 Å². The highest BCUT2D eigenvalue weighted by Crippen LogP contribution is 2.17. The van der Waals surface area contributed by atoms with Gasteiger partial charge in [-0.25, -0.2) is 18.9 Å². The van der Waals surface area contributed by atoms with E-state index in [9.17, 15) is 18.8 Å². The van der Waals surface area contributed by atoms with Gasteiger partial charge in [-0.2, -0.15) is 5.10 Å². The Hall–Kier alpha value is -4.88. The molecule has 0 aliphatic carbocycles. The predicted octanol–water partition coefficient (Wildman–Crippen LogP) is 3.05. The van der Waals surface area contributed by atoms with Crippen LogP contribution in [0.2, 0.25) is 0 Å². The third-order valence-corrected chi connectivity index (χ3v) is 6.20. The predicted molar refractivity (Wildman–Crippen MR) is 148 cm³/mol. The molecule has 0 atom stereocenters. The molecular weight excluding hydrogens is 549 g/mol. The number of aliphatic carboxylic acids is 3. The Balaban J connectivity index is 0.000000316. The van der Waals surface area contributed by atoms with E-state index in [0.717, 1.165) is 37.3 Å². The quantitative estimate of drug-likeness (QED) is 0.173. The lowest BCUT2D eigenvalue weighted by atomic mass is 9.96. The molecule has 0 fully saturated rings. The van der Waals surface area contributed by atoms with Crippen LogP contribution in [0.4, 0.5) is 4.39 Å². The first-order valence-corrected chi connectivity index (χ1v) is 13.0. The summed E-state index contributed by atoms with van der Waals surface area (Å²) in [7, 11) is 0. The molecule has 2 aromatic heterocycles. The van der Waals surface area contributed by atoms with Crippen molar-refractivity contribution in [2.24, 2.45) is 0 Å². The van der Waals surface area contributed by atoms with Crippen molar-refractivity contribution < 1.29 is 39.2 Å². The van der Waals surface area contributed by atoms with Gasteiger partial charge in [0.2, 0.25) is 0 Å². The van der Waals surface area contributed by atoms with Crippen LogP contribution in [0.5, 0.6) is 0 Å². The SMILES string of the molecule is Fc1ccccc1CN(CCCn1ccnc1)Cc1ccc(-n2cccn2)cc1.O=C(O)CC(O)(CC(=O)O)C(=O)O. The van der Waals surface area contributed by atoms with Gasteiger partial charge < -0.3 is 25.0 Å². The zero-order valence-corrected chi connectivity index (χ0v) is 22.7. The van der Waals surface area contributed by atoms with Gasteiger partial charge in [0.15, 0.2) is 5.60 Å². The summed E-state index contributed by atoms with van der Waals surface area (Å²) in [5.74, 6) is -5.17. The first-order valence-electron chi connectivity index (χ1n) is 13.0. The Morgan fingerprint density at radius 1 is 0.881 bits per heavy atom. The summed E-state index contributed by atoms with van der Waals surface area (Å²) in [5, 5.41) is 38.1. The molecular formula is C29H32FN5O7. The van der Waals surface area contributed by atoms with Crippen LogP contribution in [0.15, 0.2) is 85.7 Å². The van der Waals surface area contributed by atoms with Crippen LogP contribution < -0.4 is 0 Å². The Labute approximate surface area is 240 Å². The number of aromatic nitrogens is 4. The summed E-state index contributed by atoms with van der Waals surface area (Å²) in [4.78, 5) is 36.9. The van der Waals surface area contributed by atoms with Gasteiger partial charge in [0.05, 0.1) is 24.9 Å². The van der Waals surface area contributed by atoms with E-state index >= 15 is 0 Å².